The van der Waals surface area contributed by atoms with E-state index in [0.29, 0.717) is 18.2 Å². The number of benzene rings is 2. The number of nitrogens with zero attached hydrogens (tertiary/aromatic N) is 1. The minimum atomic E-state index is -0.254. The number of likely N-dealkylation sites (N-methyl/N-ethyl adjacent to an activating group) is 1. The number of rotatable bonds is 5. The monoisotopic (exact) mass is 392 g/mol. The number of aryl methyl sites for hydroxylation is 1. The van der Waals surface area contributed by atoms with Gasteiger partial charge in [-0.05, 0) is 61.6 Å². The standard InChI is InChI=1S/C25H32N2O2/c1-5-17-11-20-14-25(3,4)29-23(20)22(12-17)24(28)26-15-21-13-18-9-7-8-10-19(18)16-27(21)6-2/h7-12,21H,5-6,13-16H2,1-4H3,(H,26,28)/t21-/m0/s1. The molecule has 0 saturated heterocycles. The molecule has 29 heavy (non-hydrogen) atoms. The first-order chi connectivity index (χ1) is 13.9. The van der Waals surface area contributed by atoms with E-state index in [1.54, 1.807) is 0 Å². The second-order valence-electron chi connectivity index (χ2n) is 8.92. The van der Waals surface area contributed by atoms with Gasteiger partial charge in [0.15, 0.2) is 0 Å². The first kappa shape index (κ1) is 20.0. The molecule has 0 aliphatic carbocycles. The lowest BCUT2D eigenvalue weighted by atomic mass is 9.93. The largest absolute Gasteiger partial charge is 0.486 e. The Kier molecular flexibility index (Phi) is 5.39. The molecule has 4 heteroatoms. The van der Waals surface area contributed by atoms with Crippen LogP contribution in [0.5, 0.6) is 5.75 Å². The Hall–Kier alpha value is -2.33. The molecule has 0 unspecified atom stereocenters. The van der Waals surface area contributed by atoms with Gasteiger partial charge in [0.1, 0.15) is 11.4 Å². The molecule has 1 amide bonds. The van der Waals surface area contributed by atoms with Crippen LogP contribution in [0.3, 0.4) is 0 Å². The number of carbonyl (C=O) groups is 1. The lowest BCUT2D eigenvalue weighted by Gasteiger charge is -2.36. The minimum Gasteiger partial charge on any atom is -0.486 e. The summed E-state index contributed by atoms with van der Waals surface area (Å²) in [6, 6.07) is 13.2. The van der Waals surface area contributed by atoms with E-state index in [2.05, 4.69) is 68.2 Å². The fourth-order valence-corrected chi connectivity index (χ4v) is 4.67. The van der Waals surface area contributed by atoms with Gasteiger partial charge in [-0.15, -0.1) is 0 Å². The van der Waals surface area contributed by atoms with Crippen LogP contribution in [0.1, 0.15) is 60.3 Å². The molecule has 2 aromatic carbocycles. The summed E-state index contributed by atoms with van der Waals surface area (Å²) in [6.45, 7) is 11.1. The van der Waals surface area contributed by atoms with Crippen LogP contribution in [-0.2, 0) is 25.8 Å². The molecule has 1 N–H and O–H groups in total. The van der Waals surface area contributed by atoms with Crippen LogP contribution < -0.4 is 10.1 Å². The summed E-state index contributed by atoms with van der Waals surface area (Å²) in [5, 5.41) is 3.21. The average molecular weight is 393 g/mol. The van der Waals surface area contributed by atoms with Crippen molar-refractivity contribution in [1.29, 1.82) is 0 Å². The predicted octanol–water partition coefficient (Wildman–Crippen LogP) is 4.14. The third-order valence-electron chi connectivity index (χ3n) is 6.24. The number of hydrogen-bond acceptors (Lipinski definition) is 3. The molecule has 0 saturated carbocycles. The minimum absolute atomic E-state index is 0.0239. The smallest absolute Gasteiger partial charge is 0.255 e. The SMILES string of the molecule is CCc1cc2c(c(C(=O)NC[C@@H]3Cc4ccccc4CN3CC)c1)OC(C)(C)C2. The van der Waals surface area contributed by atoms with Gasteiger partial charge in [0.2, 0.25) is 0 Å². The molecule has 0 bridgehead atoms. The fourth-order valence-electron chi connectivity index (χ4n) is 4.67. The molecule has 2 aliphatic rings. The Morgan fingerprint density at radius 3 is 2.66 bits per heavy atom. The third kappa shape index (κ3) is 4.04. The van der Waals surface area contributed by atoms with Gasteiger partial charge in [0.05, 0.1) is 5.56 Å². The van der Waals surface area contributed by atoms with Gasteiger partial charge in [-0.2, -0.15) is 0 Å². The number of fused-ring (bicyclic) bond motifs is 2. The molecule has 154 valence electrons. The summed E-state index contributed by atoms with van der Waals surface area (Å²) < 4.78 is 6.16. The maximum atomic E-state index is 13.2. The lowest BCUT2D eigenvalue weighted by Crippen LogP contribution is -2.47. The summed E-state index contributed by atoms with van der Waals surface area (Å²) in [5.41, 5.74) is 5.58. The van der Waals surface area contributed by atoms with E-state index in [-0.39, 0.29) is 11.5 Å². The van der Waals surface area contributed by atoms with Crippen LogP contribution >= 0.6 is 0 Å². The molecule has 0 aromatic heterocycles. The van der Waals surface area contributed by atoms with Crippen LogP contribution in [0.15, 0.2) is 36.4 Å². The number of hydrogen-bond donors (Lipinski definition) is 1. The van der Waals surface area contributed by atoms with Crippen LogP contribution in [0.4, 0.5) is 0 Å². The van der Waals surface area contributed by atoms with Crippen LogP contribution in [0.2, 0.25) is 0 Å². The molecular formula is C25H32N2O2. The Morgan fingerprint density at radius 2 is 1.93 bits per heavy atom. The van der Waals surface area contributed by atoms with E-state index >= 15 is 0 Å². The molecule has 4 nitrogen and oxygen atoms in total. The molecule has 2 heterocycles. The second kappa shape index (κ2) is 7.83. The molecule has 0 radical (unpaired) electrons. The molecule has 0 fully saturated rings. The summed E-state index contributed by atoms with van der Waals surface area (Å²) in [7, 11) is 0. The van der Waals surface area contributed by atoms with Gasteiger partial charge in [0.25, 0.3) is 5.91 Å². The maximum Gasteiger partial charge on any atom is 0.255 e. The van der Waals surface area contributed by atoms with Crippen molar-refractivity contribution in [1.82, 2.24) is 10.2 Å². The van der Waals surface area contributed by atoms with E-state index in [0.717, 1.165) is 43.7 Å². The Labute approximate surface area is 174 Å². The zero-order chi connectivity index (χ0) is 20.6. The van der Waals surface area contributed by atoms with Crippen LogP contribution in [0.25, 0.3) is 0 Å². The van der Waals surface area contributed by atoms with E-state index in [4.69, 9.17) is 4.74 Å². The average Bonchev–Trinajstić information content (AvgIpc) is 3.03. The number of carbonyl (C=O) groups excluding carboxylic acids is 1. The molecule has 2 aliphatic heterocycles. The van der Waals surface area contributed by atoms with Crippen molar-refractivity contribution >= 4 is 5.91 Å². The molecule has 2 aromatic rings. The fraction of sp³-hybridized carbons (Fsp3) is 0.480. The third-order valence-corrected chi connectivity index (χ3v) is 6.24. The van der Waals surface area contributed by atoms with E-state index in [9.17, 15) is 4.79 Å². The molecule has 1 atom stereocenters. The zero-order valence-corrected chi connectivity index (χ0v) is 18.0. The summed E-state index contributed by atoms with van der Waals surface area (Å²) in [5.74, 6) is 0.746. The Balaban J connectivity index is 1.51. The highest BCUT2D eigenvalue weighted by atomic mass is 16.5. The van der Waals surface area contributed by atoms with E-state index < -0.39 is 0 Å². The van der Waals surface area contributed by atoms with Crippen molar-refractivity contribution in [2.24, 2.45) is 0 Å². The predicted molar refractivity (Wildman–Crippen MR) is 117 cm³/mol. The van der Waals surface area contributed by atoms with Crippen molar-refractivity contribution in [3.8, 4) is 5.75 Å². The van der Waals surface area contributed by atoms with Gasteiger partial charge in [-0.3, -0.25) is 9.69 Å². The zero-order valence-electron chi connectivity index (χ0n) is 18.0. The number of amides is 1. The van der Waals surface area contributed by atoms with Crippen molar-refractivity contribution in [2.75, 3.05) is 13.1 Å². The van der Waals surface area contributed by atoms with Crippen LogP contribution in [-0.4, -0.2) is 35.5 Å². The van der Waals surface area contributed by atoms with Gasteiger partial charge in [-0.1, -0.05) is 44.2 Å². The Bertz CT molecular complexity index is 919. The lowest BCUT2D eigenvalue weighted by molar-refractivity contribution is 0.0914. The second-order valence-corrected chi connectivity index (χ2v) is 8.92. The molecule has 0 spiro atoms. The van der Waals surface area contributed by atoms with Gasteiger partial charge in [0, 0.05) is 25.6 Å². The summed E-state index contributed by atoms with van der Waals surface area (Å²) in [4.78, 5) is 15.6. The summed E-state index contributed by atoms with van der Waals surface area (Å²) >= 11 is 0. The van der Waals surface area contributed by atoms with Crippen molar-refractivity contribution in [3.05, 3.63) is 64.2 Å². The number of nitrogens with one attached hydrogen (secondary N) is 1. The first-order valence-corrected chi connectivity index (χ1v) is 10.8. The topological polar surface area (TPSA) is 41.6 Å². The highest BCUT2D eigenvalue weighted by molar-refractivity contribution is 5.98. The first-order valence-electron chi connectivity index (χ1n) is 10.8. The van der Waals surface area contributed by atoms with E-state index in [1.807, 2.05) is 6.07 Å². The highest BCUT2D eigenvalue weighted by Gasteiger charge is 2.34. The van der Waals surface area contributed by atoms with Crippen molar-refractivity contribution in [2.45, 2.75) is 65.1 Å². The quantitative estimate of drug-likeness (QED) is 0.832. The summed E-state index contributed by atoms with van der Waals surface area (Å²) in [6.07, 6.45) is 2.73. The normalized spacial score (nSPS) is 19.9. The van der Waals surface area contributed by atoms with E-state index in [1.165, 1.54) is 16.7 Å². The Morgan fingerprint density at radius 1 is 1.17 bits per heavy atom. The van der Waals surface area contributed by atoms with Crippen LogP contribution in [0, 0.1) is 0 Å². The van der Waals surface area contributed by atoms with Gasteiger partial charge >= 0.3 is 0 Å². The number of ether oxygens (including phenoxy) is 1. The van der Waals surface area contributed by atoms with Crippen molar-refractivity contribution < 1.29 is 9.53 Å². The molecule has 4 rings (SSSR count). The highest BCUT2D eigenvalue weighted by Crippen LogP contribution is 2.38. The van der Waals surface area contributed by atoms with Gasteiger partial charge < -0.3 is 10.1 Å². The van der Waals surface area contributed by atoms with Gasteiger partial charge in [-0.25, -0.2) is 0 Å². The maximum absolute atomic E-state index is 13.2. The molecular weight excluding hydrogens is 360 g/mol. The van der Waals surface area contributed by atoms with Crippen molar-refractivity contribution in [3.63, 3.8) is 0 Å².